The fourth-order valence-electron chi connectivity index (χ4n) is 2.76. The van der Waals surface area contributed by atoms with Crippen molar-refractivity contribution in [3.8, 4) is 0 Å². The lowest BCUT2D eigenvalue weighted by Gasteiger charge is -2.26. The zero-order valence-electron chi connectivity index (χ0n) is 15.9. The van der Waals surface area contributed by atoms with Crippen LogP contribution in [0.1, 0.15) is 27.2 Å². The van der Waals surface area contributed by atoms with Gasteiger partial charge in [-0.3, -0.25) is 19.7 Å². The van der Waals surface area contributed by atoms with Gasteiger partial charge in [-0.15, -0.1) is 0 Å². The highest BCUT2D eigenvalue weighted by atomic mass is 19.1. The number of anilines is 2. The van der Waals surface area contributed by atoms with E-state index in [1.54, 1.807) is 20.8 Å². The van der Waals surface area contributed by atoms with Crippen LogP contribution in [0.2, 0.25) is 0 Å². The van der Waals surface area contributed by atoms with Gasteiger partial charge in [0.25, 0.3) is 0 Å². The fraction of sp³-hybridized carbons (Fsp3) is 0.444. The van der Waals surface area contributed by atoms with Crippen LogP contribution in [0, 0.1) is 11.7 Å². The van der Waals surface area contributed by atoms with Gasteiger partial charge in [0.05, 0.1) is 11.6 Å². The number of carbonyl (C=O) groups excluding carboxylic acids is 3. The molecule has 2 rings (SSSR count). The lowest BCUT2D eigenvalue weighted by atomic mass is 9.99. The number of benzene rings is 1. The van der Waals surface area contributed by atoms with Gasteiger partial charge in [-0.05, 0) is 32.9 Å². The maximum Gasteiger partial charge on any atom is 0.412 e. The van der Waals surface area contributed by atoms with Gasteiger partial charge >= 0.3 is 12.1 Å². The minimum atomic E-state index is -1.30. The summed E-state index contributed by atoms with van der Waals surface area (Å²) < 4.78 is 19.4. The van der Waals surface area contributed by atoms with E-state index in [4.69, 9.17) is 4.74 Å². The normalized spacial score (nSPS) is 19.0. The minimum Gasteiger partial charge on any atom is -0.481 e. The van der Waals surface area contributed by atoms with Gasteiger partial charge in [-0.25, -0.2) is 9.18 Å². The van der Waals surface area contributed by atoms with Crippen LogP contribution in [0.15, 0.2) is 18.2 Å². The van der Waals surface area contributed by atoms with Crippen LogP contribution < -0.4 is 15.5 Å². The molecule has 9 nitrogen and oxygen atoms in total. The first-order chi connectivity index (χ1) is 12.9. The van der Waals surface area contributed by atoms with E-state index in [1.807, 2.05) is 0 Å². The molecule has 0 radical (unpaired) electrons. The molecule has 3 amide bonds. The van der Waals surface area contributed by atoms with E-state index in [9.17, 15) is 28.7 Å². The van der Waals surface area contributed by atoms with Gasteiger partial charge in [0.2, 0.25) is 11.8 Å². The molecule has 1 aliphatic rings. The Bertz CT molecular complexity index is 820. The molecule has 1 aromatic carbocycles. The van der Waals surface area contributed by atoms with Gasteiger partial charge in [0, 0.05) is 13.5 Å². The third kappa shape index (κ3) is 4.76. The molecule has 1 fully saturated rings. The van der Waals surface area contributed by atoms with Gasteiger partial charge in [-0.1, -0.05) is 6.07 Å². The number of halogens is 1. The van der Waals surface area contributed by atoms with Gasteiger partial charge in [0.1, 0.15) is 23.1 Å². The predicted molar refractivity (Wildman–Crippen MR) is 97.3 cm³/mol. The largest absolute Gasteiger partial charge is 0.481 e. The number of hydrogen-bond acceptors (Lipinski definition) is 5. The molecule has 10 heteroatoms. The summed E-state index contributed by atoms with van der Waals surface area (Å²) in [7, 11) is 1.29. The van der Waals surface area contributed by atoms with Crippen molar-refractivity contribution >= 4 is 35.3 Å². The van der Waals surface area contributed by atoms with Crippen molar-refractivity contribution in [2.75, 3.05) is 17.3 Å². The quantitative estimate of drug-likeness (QED) is 0.713. The molecule has 1 aliphatic heterocycles. The monoisotopic (exact) mass is 395 g/mol. The Balaban J connectivity index is 2.30. The van der Waals surface area contributed by atoms with Crippen molar-refractivity contribution in [1.82, 2.24) is 5.32 Å². The number of para-hydroxylation sites is 1. The standard InChI is InChI=1S/C18H22FN3O6/c1-18(2,3)28-17(27)21-14-10(19)6-5-7-11(14)22(4)15(24)13-9(16(25)26)8-12(23)20-13/h5-7,9,13H,8H2,1-4H3,(H,20,23)(H,21,27)(H,25,26)/t9-,13-/m0/s1. The van der Waals surface area contributed by atoms with E-state index in [1.165, 1.54) is 19.2 Å². The molecule has 1 heterocycles. The second-order valence-electron chi connectivity index (χ2n) is 7.35. The third-order valence-electron chi connectivity index (χ3n) is 4.02. The van der Waals surface area contributed by atoms with Crippen LogP contribution >= 0.6 is 0 Å². The number of nitrogens with zero attached hydrogens (tertiary/aromatic N) is 1. The van der Waals surface area contributed by atoms with E-state index in [0.717, 1.165) is 11.0 Å². The molecular weight excluding hydrogens is 373 g/mol. The lowest BCUT2D eigenvalue weighted by molar-refractivity contribution is -0.144. The summed E-state index contributed by atoms with van der Waals surface area (Å²) in [5.74, 6) is -4.66. The lowest BCUT2D eigenvalue weighted by Crippen LogP contribution is -2.47. The van der Waals surface area contributed by atoms with E-state index >= 15 is 0 Å². The molecule has 1 aromatic rings. The van der Waals surface area contributed by atoms with Crippen LogP contribution in [-0.4, -0.2) is 47.7 Å². The zero-order chi connectivity index (χ0) is 21.2. The summed E-state index contributed by atoms with van der Waals surface area (Å²) in [6.07, 6.45) is -1.25. The van der Waals surface area contributed by atoms with Crippen LogP contribution in [0.4, 0.5) is 20.6 Å². The number of nitrogens with one attached hydrogen (secondary N) is 2. The van der Waals surface area contributed by atoms with E-state index in [0.29, 0.717) is 0 Å². The summed E-state index contributed by atoms with van der Waals surface area (Å²) in [5.41, 5.74) is -1.13. The highest BCUT2D eigenvalue weighted by Crippen LogP contribution is 2.30. The molecule has 0 aromatic heterocycles. The highest BCUT2D eigenvalue weighted by Gasteiger charge is 2.43. The Hall–Kier alpha value is -3.17. The number of carboxylic acids is 1. The summed E-state index contributed by atoms with van der Waals surface area (Å²) in [5, 5.41) is 13.8. The fourth-order valence-corrected chi connectivity index (χ4v) is 2.76. The summed E-state index contributed by atoms with van der Waals surface area (Å²) in [6, 6.07) is 2.50. The number of amides is 3. The maximum atomic E-state index is 14.3. The molecule has 0 saturated carbocycles. The Morgan fingerprint density at radius 3 is 2.54 bits per heavy atom. The second-order valence-corrected chi connectivity index (χ2v) is 7.35. The van der Waals surface area contributed by atoms with Crippen molar-refractivity contribution < 1.29 is 33.4 Å². The topological polar surface area (TPSA) is 125 Å². The molecule has 2 atom stereocenters. The van der Waals surface area contributed by atoms with Crippen LogP contribution in [0.25, 0.3) is 0 Å². The van der Waals surface area contributed by atoms with Crippen LogP contribution in [-0.2, 0) is 19.1 Å². The zero-order valence-corrected chi connectivity index (χ0v) is 15.9. The molecule has 0 bridgehead atoms. The summed E-state index contributed by atoms with van der Waals surface area (Å²) in [6.45, 7) is 4.91. The number of carboxylic acid groups (broad SMARTS) is 1. The number of ether oxygens (including phenoxy) is 1. The Morgan fingerprint density at radius 1 is 1.32 bits per heavy atom. The first-order valence-corrected chi connectivity index (χ1v) is 8.49. The SMILES string of the molecule is CN(C(=O)[C@H]1NC(=O)C[C@@H]1C(=O)O)c1cccc(F)c1NC(=O)OC(C)(C)C. The molecule has 0 unspecified atom stereocenters. The van der Waals surface area contributed by atoms with Crippen molar-refractivity contribution in [2.45, 2.75) is 38.8 Å². The number of hydrogen-bond donors (Lipinski definition) is 3. The van der Waals surface area contributed by atoms with E-state index < -0.39 is 47.3 Å². The Morgan fingerprint density at radius 2 is 1.96 bits per heavy atom. The van der Waals surface area contributed by atoms with Crippen molar-refractivity contribution in [2.24, 2.45) is 5.92 Å². The summed E-state index contributed by atoms with van der Waals surface area (Å²) in [4.78, 5) is 48.7. The first kappa shape index (κ1) is 21.1. The van der Waals surface area contributed by atoms with Crippen LogP contribution in [0.3, 0.4) is 0 Å². The second kappa shape index (κ2) is 7.83. The average Bonchev–Trinajstić information content (AvgIpc) is 2.96. The molecular formula is C18H22FN3O6. The molecule has 152 valence electrons. The third-order valence-corrected chi connectivity index (χ3v) is 4.02. The van der Waals surface area contributed by atoms with E-state index in [-0.39, 0.29) is 17.8 Å². The molecule has 0 spiro atoms. The number of carbonyl (C=O) groups is 4. The molecule has 3 N–H and O–H groups in total. The van der Waals surface area contributed by atoms with Gasteiger partial charge < -0.3 is 20.1 Å². The van der Waals surface area contributed by atoms with Crippen molar-refractivity contribution in [3.63, 3.8) is 0 Å². The number of aliphatic carboxylic acids is 1. The highest BCUT2D eigenvalue weighted by molar-refractivity contribution is 6.06. The Kier molecular flexibility index (Phi) is 5.91. The molecule has 1 saturated heterocycles. The van der Waals surface area contributed by atoms with Crippen LogP contribution in [0.5, 0.6) is 0 Å². The molecule has 0 aliphatic carbocycles. The minimum absolute atomic E-state index is 0.0128. The van der Waals surface area contributed by atoms with Gasteiger partial charge in [0.15, 0.2) is 0 Å². The van der Waals surface area contributed by atoms with Crippen molar-refractivity contribution in [1.29, 1.82) is 0 Å². The molecule has 28 heavy (non-hydrogen) atoms. The van der Waals surface area contributed by atoms with Crippen molar-refractivity contribution in [3.05, 3.63) is 24.0 Å². The smallest absolute Gasteiger partial charge is 0.412 e. The first-order valence-electron chi connectivity index (χ1n) is 8.49. The Labute approximate surface area is 160 Å². The predicted octanol–water partition coefficient (Wildman–Crippen LogP) is 1.72. The average molecular weight is 395 g/mol. The summed E-state index contributed by atoms with van der Waals surface area (Å²) >= 11 is 0. The van der Waals surface area contributed by atoms with E-state index in [2.05, 4.69) is 10.6 Å². The number of likely N-dealkylation sites (N-methyl/N-ethyl adjacent to an activating group) is 1. The maximum absolute atomic E-state index is 14.3. The van der Waals surface area contributed by atoms with Gasteiger partial charge in [-0.2, -0.15) is 0 Å². The number of rotatable bonds is 4.